The van der Waals surface area contributed by atoms with Gasteiger partial charge in [-0.05, 0) is 12.0 Å². The van der Waals surface area contributed by atoms with Crippen LogP contribution in [0.25, 0.3) is 16.3 Å². The largest absolute Gasteiger partial charge is 3.00 e. The van der Waals surface area contributed by atoms with Crippen molar-refractivity contribution in [2.75, 3.05) is 0 Å². The maximum absolute atomic E-state index is 2.55. The van der Waals surface area contributed by atoms with Gasteiger partial charge >= 0.3 is 26.2 Å². The second-order valence-corrected chi connectivity index (χ2v) is 10.3. The summed E-state index contributed by atoms with van der Waals surface area (Å²) in [5, 5.41) is 6.57. The van der Waals surface area contributed by atoms with Crippen LogP contribution in [0.5, 0.6) is 0 Å². The molecule has 1 atom stereocenters. The molecule has 4 rings (SSSR count). The van der Waals surface area contributed by atoms with Crippen LogP contribution < -0.4 is 35.2 Å². The summed E-state index contributed by atoms with van der Waals surface area (Å²) in [5.41, 5.74) is 3.00. The number of fused-ring (bicyclic) bond motifs is 3. The first kappa shape index (κ1) is 20.0. The fourth-order valence-electron chi connectivity index (χ4n) is 3.88. The molecule has 2 aromatic carbocycles. The average Bonchev–Trinajstić information content (AvgIpc) is 2.89. The molecule has 0 fully saturated rings. The minimum absolute atomic E-state index is 0. The summed E-state index contributed by atoms with van der Waals surface area (Å²) >= 11 is 0. The van der Waals surface area contributed by atoms with Crippen molar-refractivity contribution in [1.82, 2.24) is 0 Å². The molecular weight excluding hydrogens is 406 g/mol. The Balaban J connectivity index is 0.000000807. The van der Waals surface area contributed by atoms with Crippen LogP contribution in [0.2, 0.25) is 12.6 Å². The van der Waals surface area contributed by atoms with Crippen molar-refractivity contribution >= 4 is 34.8 Å². The van der Waals surface area contributed by atoms with Crippen LogP contribution in [0.15, 0.2) is 42.5 Å². The van der Waals surface area contributed by atoms with Crippen LogP contribution in [0.3, 0.4) is 0 Å². The van der Waals surface area contributed by atoms with Crippen molar-refractivity contribution in [2.45, 2.75) is 32.4 Å². The molecule has 2 aliphatic rings. The monoisotopic (exact) mass is 423 g/mol. The Bertz CT molecular complexity index is 745. The van der Waals surface area contributed by atoms with Gasteiger partial charge in [0, 0.05) is 8.07 Å². The summed E-state index contributed by atoms with van der Waals surface area (Å²) < 4.78 is 0. The Labute approximate surface area is 165 Å². The van der Waals surface area contributed by atoms with Crippen molar-refractivity contribution in [3.63, 3.8) is 0 Å². The van der Waals surface area contributed by atoms with Gasteiger partial charge in [0.2, 0.25) is 0 Å². The average molecular weight is 426 g/mol. The third-order valence-corrected chi connectivity index (χ3v) is 9.32. The molecule has 4 heteroatoms. The zero-order valence-corrected chi connectivity index (χ0v) is 17.9. The van der Waals surface area contributed by atoms with Gasteiger partial charge in [0.1, 0.15) is 0 Å². The van der Waals surface area contributed by atoms with Crippen LogP contribution in [0.4, 0.5) is 0 Å². The van der Waals surface area contributed by atoms with Crippen LogP contribution >= 0.6 is 0 Å². The summed E-state index contributed by atoms with van der Waals surface area (Å²) in [4.78, 5) is 0. The van der Waals surface area contributed by atoms with Crippen LogP contribution in [0.1, 0.15) is 25.3 Å². The van der Waals surface area contributed by atoms with E-state index in [1.807, 2.05) is 0 Å². The number of hydrogen-bond donors (Lipinski definition) is 0. The van der Waals surface area contributed by atoms with Gasteiger partial charge in [-0.25, -0.2) is 0 Å². The van der Waals surface area contributed by atoms with Gasteiger partial charge < -0.3 is 24.8 Å². The Morgan fingerprint density at radius 3 is 2.64 bits per heavy atom. The van der Waals surface area contributed by atoms with Gasteiger partial charge in [-0.3, -0.25) is 0 Å². The zero-order chi connectivity index (χ0) is 13.0. The predicted octanol–water partition coefficient (Wildman–Crippen LogP) is -2.18. The van der Waals surface area contributed by atoms with Crippen molar-refractivity contribution in [2.24, 2.45) is 0 Å². The van der Waals surface area contributed by atoms with E-state index in [2.05, 4.69) is 56.0 Å². The molecule has 0 bridgehead atoms. The third-order valence-electron chi connectivity index (χ3n) is 4.87. The number of allylic oxidation sites excluding steroid dienone is 4. The molecule has 1 aliphatic heterocycles. The van der Waals surface area contributed by atoms with Crippen LogP contribution in [-0.4, -0.2) is 8.07 Å². The first-order valence-electron chi connectivity index (χ1n) is 7.35. The molecule has 0 spiro atoms. The summed E-state index contributed by atoms with van der Waals surface area (Å²) in [6.45, 7) is 4.88. The van der Waals surface area contributed by atoms with E-state index in [0.29, 0.717) is 0 Å². The molecular formula is C18H19Cl2SiZr. The van der Waals surface area contributed by atoms with Crippen molar-refractivity contribution < 1.29 is 51.0 Å². The quantitative estimate of drug-likeness (QED) is 0.388. The summed E-state index contributed by atoms with van der Waals surface area (Å²) in [6.07, 6.45) is 9.17. The Kier molecular flexibility index (Phi) is 6.61. The summed E-state index contributed by atoms with van der Waals surface area (Å²) in [6, 6.07) is 10.7. The van der Waals surface area contributed by atoms with E-state index in [-0.39, 0.29) is 51.0 Å². The third kappa shape index (κ3) is 2.77. The maximum atomic E-state index is 2.55. The van der Waals surface area contributed by atoms with Gasteiger partial charge in [-0.2, -0.15) is 10.4 Å². The Morgan fingerprint density at radius 2 is 2.00 bits per heavy atom. The number of benzene rings is 1. The van der Waals surface area contributed by atoms with E-state index in [4.69, 9.17) is 0 Å². The topological polar surface area (TPSA) is 0 Å². The normalized spacial score (nSPS) is 20.5. The first-order chi connectivity index (χ1) is 9.25. The van der Waals surface area contributed by atoms with Crippen molar-refractivity contribution in [3.8, 4) is 0 Å². The van der Waals surface area contributed by atoms with E-state index in [9.17, 15) is 0 Å². The van der Waals surface area contributed by atoms with E-state index in [1.165, 1.54) is 29.0 Å². The molecule has 0 N–H and O–H groups in total. The van der Waals surface area contributed by atoms with Gasteiger partial charge in [-0.15, -0.1) is 29.0 Å². The SMILES string of the molecule is CCC[Si]1(C)c2[cH-]c3cccc(C4=CC=CC4)c3c21.[Cl-].[Cl-].[Zr+3]. The van der Waals surface area contributed by atoms with Gasteiger partial charge in [0.05, 0.1) is 0 Å². The van der Waals surface area contributed by atoms with Gasteiger partial charge in [-0.1, -0.05) is 55.8 Å². The number of hydrogen-bond acceptors (Lipinski definition) is 0. The molecule has 0 amide bonds. The minimum atomic E-state index is -1.16. The second kappa shape index (κ2) is 7.26. The van der Waals surface area contributed by atoms with Crippen LogP contribution in [0, 0.1) is 0 Å². The van der Waals surface area contributed by atoms with Crippen molar-refractivity contribution in [1.29, 1.82) is 0 Å². The molecule has 22 heavy (non-hydrogen) atoms. The minimum Gasteiger partial charge on any atom is -1.00 e. The molecule has 1 heterocycles. The van der Waals surface area contributed by atoms with E-state index >= 15 is 0 Å². The fraction of sp³-hybridized carbons (Fsp3) is 0.278. The molecule has 0 nitrogen and oxygen atoms in total. The molecule has 1 unspecified atom stereocenters. The van der Waals surface area contributed by atoms with Crippen LogP contribution in [-0.2, 0) is 26.2 Å². The molecule has 0 saturated heterocycles. The molecule has 2 aromatic rings. The Morgan fingerprint density at radius 1 is 1.23 bits per heavy atom. The summed E-state index contributed by atoms with van der Waals surface area (Å²) in [5.74, 6) is 0. The molecule has 113 valence electrons. The second-order valence-electron chi connectivity index (χ2n) is 6.11. The predicted molar refractivity (Wildman–Crippen MR) is 87.3 cm³/mol. The van der Waals surface area contributed by atoms with E-state index < -0.39 is 8.07 Å². The maximum Gasteiger partial charge on any atom is 3.00 e. The Hall–Kier alpha value is -0.01000. The summed E-state index contributed by atoms with van der Waals surface area (Å²) in [7, 11) is -1.16. The van der Waals surface area contributed by atoms with Crippen molar-refractivity contribution in [3.05, 3.63) is 48.1 Å². The fourth-order valence-corrected chi connectivity index (χ4v) is 8.42. The standard InChI is InChI=1S/C18H19Si.2ClH.Zr/c1-3-11-19(2)16-12-14-9-6-10-15(17(14)18(16)19)13-7-4-5-8-13;;;/h4-7,9-10,12H,3,8,11H2,1-2H3;2*1H;/q-1;;;+3/p-2. The number of halogens is 2. The molecule has 1 aliphatic carbocycles. The van der Waals surface area contributed by atoms with E-state index in [0.717, 1.165) is 6.42 Å². The van der Waals surface area contributed by atoms with Gasteiger partial charge in [0.15, 0.2) is 0 Å². The van der Waals surface area contributed by atoms with Gasteiger partial charge in [0.25, 0.3) is 0 Å². The van der Waals surface area contributed by atoms with E-state index in [1.54, 1.807) is 15.8 Å². The molecule has 1 radical (unpaired) electrons. The smallest absolute Gasteiger partial charge is 1.00 e. The molecule has 0 aromatic heterocycles. The number of rotatable bonds is 3. The molecule has 0 saturated carbocycles. The zero-order valence-electron chi connectivity index (χ0n) is 12.9. The first-order valence-corrected chi connectivity index (χ1v) is 10.1.